The normalized spacial score (nSPS) is 18.2. The molecule has 2 aromatic rings. The Morgan fingerprint density at radius 1 is 1.31 bits per heavy atom. The van der Waals surface area contributed by atoms with Crippen molar-refractivity contribution >= 4 is 12.1 Å². The van der Waals surface area contributed by atoms with Crippen molar-refractivity contribution in [1.29, 1.82) is 0 Å². The Bertz CT molecular complexity index is 942. The highest BCUT2D eigenvalue weighted by Gasteiger charge is 2.28. The molecule has 0 spiro atoms. The van der Waals surface area contributed by atoms with E-state index in [1.54, 1.807) is 10.9 Å². The number of amides is 1. The summed E-state index contributed by atoms with van der Waals surface area (Å²) >= 11 is 0. The third-order valence-corrected chi connectivity index (χ3v) is 5.78. The molecule has 174 valence electrons. The molecule has 0 bridgehead atoms. The van der Waals surface area contributed by atoms with E-state index in [0.717, 1.165) is 48.3 Å². The first-order chi connectivity index (χ1) is 15.4. The molecule has 0 unspecified atom stereocenters. The molecular formula is C23H32N4O5. The average Bonchev–Trinajstić information content (AvgIpc) is 3.14. The maximum Gasteiger partial charge on any atom is 0.407 e. The third kappa shape index (κ3) is 5.99. The molecule has 1 aliphatic carbocycles. The second-order valence-corrected chi connectivity index (χ2v) is 8.19. The summed E-state index contributed by atoms with van der Waals surface area (Å²) < 4.78 is 13.0. The van der Waals surface area contributed by atoms with Gasteiger partial charge in [0.05, 0.1) is 48.5 Å². The lowest BCUT2D eigenvalue weighted by Crippen LogP contribution is -2.29. The second kappa shape index (κ2) is 11.0. The number of aryl methyl sites for hydroxylation is 2. The van der Waals surface area contributed by atoms with Crippen LogP contribution in [-0.2, 0) is 23.1 Å². The fourth-order valence-electron chi connectivity index (χ4n) is 3.88. The summed E-state index contributed by atoms with van der Waals surface area (Å²) in [4.78, 5) is 27.9. The number of aromatic nitrogens is 3. The van der Waals surface area contributed by atoms with Crippen LogP contribution in [-0.4, -0.2) is 44.6 Å². The van der Waals surface area contributed by atoms with Crippen LogP contribution in [0.3, 0.4) is 0 Å². The summed E-state index contributed by atoms with van der Waals surface area (Å²) in [6.45, 7) is 4.58. The molecule has 2 N–H and O–H groups in total. The Balaban J connectivity index is 1.67. The monoisotopic (exact) mass is 444 g/mol. The molecule has 32 heavy (non-hydrogen) atoms. The van der Waals surface area contributed by atoms with Gasteiger partial charge in [-0.05, 0) is 51.2 Å². The van der Waals surface area contributed by atoms with Crippen molar-refractivity contribution in [2.45, 2.75) is 65.0 Å². The van der Waals surface area contributed by atoms with Gasteiger partial charge in [0.2, 0.25) is 0 Å². The highest BCUT2D eigenvalue weighted by molar-refractivity contribution is 5.70. The standard InChI is InChI=1S/C23H32N4O5/c1-4-5-11-31-23(30)24-14-20-18(13-25-27(20)3)19-9-10-21(15(2)26-19)32-17-8-6-7-16(12-17)22(28)29/h9-10,13,16-17H,4-8,11-12,14H2,1-3H3,(H,24,30)(H,28,29)/t16-,17-/m0/s1. The van der Waals surface area contributed by atoms with Gasteiger partial charge in [-0.2, -0.15) is 5.10 Å². The molecule has 9 heteroatoms. The highest BCUT2D eigenvalue weighted by atomic mass is 16.5. The van der Waals surface area contributed by atoms with Crippen molar-refractivity contribution < 1.29 is 24.2 Å². The van der Waals surface area contributed by atoms with Gasteiger partial charge in [-0.3, -0.25) is 9.48 Å². The van der Waals surface area contributed by atoms with Crippen molar-refractivity contribution in [2.75, 3.05) is 6.61 Å². The Labute approximate surface area is 188 Å². The largest absolute Gasteiger partial charge is 0.489 e. The maximum absolute atomic E-state index is 11.9. The van der Waals surface area contributed by atoms with E-state index >= 15 is 0 Å². The Morgan fingerprint density at radius 2 is 2.12 bits per heavy atom. The molecule has 1 saturated carbocycles. The molecule has 2 atom stereocenters. The smallest absolute Gasteiger partial charge is 0.407 e. The minimum atomic E-state index is -0.754. The van der Waals surface area contributed by atoms with Gasteiger partial charge in [0.1, 0.15) is 5.75 Å². The van der Waals surface area contributed by atoms with E-state index in [0.29, 0.717) is 25.2 Å². The number of nitrogens with one attached hydrogen (secondary N) is 1. The Kier molecular flexibility index (Phi) is 8.08. The highest BCUT2D eigenvalue weighted by Crippen LogP contribution is 2.30. The first-order valence-corrected chi connectivity index (χ1v) is 11.2. The van der Waals surface area contributed by atoms with Crippen LogP contribution in [0.15, 0.2) is 18.3 Å². The van der Waals surface area contributed by atoms with Gasteiger partial charge in [0.25, 0.3) is 0 Å². The lowest BCUT2D eigenvalue weighted by Gasteiger charge is -2.27. The van der Waals surface area contributed by atoms with E-state index in [2.05, 4.69) is 15.4 Å². The first-order valence-electron chi connectivity index (χ1n) is 11.2. The maximum atomic E-state index is 11.9. The molecule has 1 aliphatic rings. The Hall–Kier alpha value is -3.10. The summed E-state index contributed by atoms with van der Waals surface area (Å²) in [5.74, 6) is -0.441. The van der Waals surface area contributed by atoms with Gasteiger partial charge < -0.3 is 19.9 Å². The van der Waals surface area contributed by atoms with Crippen molar-refractivity contribution in [3.63, 3.8) is 0 Å². The van der Waals surface area contributed by atoms with Crippen LogP contribution in [0, 0.1) is 12.8 Å². The zero-order chi connectivity index (χ0) is 23.1. The van der Waals surface area contributed by atoms with E-state index in [1.807, 2.05) is 33.0 Å². The zero-order valence-electron chi connectivity index (χ0n) is 19.0. The van der Waals surface area contributed by atoms with Gasteiger partial charge in [0.15, 0.2) is 0 Å². The number of carboxylic acids is 1. The number of aliphatic carboxylic acids is 1. The van der Waals surface area contributed by atoms with Gasteiger partial charge in [-0.1, -0.05) is 13.3 Å². The van der Waals surface area contributed by atoms with Gasteiger partial charge in [-0.25, -0.2) is 9.78 Å². The molecule has 2 aromatic heterocycles. The summed E-state index contributed by atoms with van der Waals surface area (Å²) in [5.41, 5.74) is 3.09. The SMILES string of the molecule is CCCCOC(=O)NCc1c(-c2ccc(O[C@H]3CCC[C@H](C(=O)O)C3)c(C)n2)cnn1C. The van der Waals surface area contributed by atoms with Gasteiger partial charge >= 0.3 is 12.1 Å². The van der Waals surface area contributed by atoms with Crippen molar-refractivity contribution in [1.82, 2.24) is 20.1 Å². The number of carbonyl (C=O) groups excluding carboxylic acids is 1. The first kappa shape index (κ1) is 23.6. The van der Waals surface area contributed by atoms with Crippen LogP contribution >= 0.6 is 0 Å². The lowest BCUT2D eigenvalue weighted by molar-refractivity contribution is -0.143. The predicted octanol–water partition coefficient (Wildman–Crippen LogP) is 3.84. The molecule has 0 radical (unpaired) electrons. The molecule has 3 rings (SSSR count). The van der Waals surface area contributed by atoms with Crippen LogP contribution in [0.1, 0.15) is 56.8 Å². The van der Waals surface area contributed by atoms with Crippen LogP contribution in [0.2, 0.25) is 0 Å². The fraction of sp³-hybridized carbons (Fsp3) is 0.565. The number of unbranched alkanes of at least 4 members (excludes halogenated alkanes) is 1. The number of carboxylic acid groups (broad SMARTS) is 1. The lowest BCUT2D eigenvalue weighted by atomic mass is 9.87. The molecule has 2 heterocycles. The Morgan fingerprint density at radius 3 is 2.84 bits per heavy atom. The molecule has 0 aromatic carbocycles. The number of hydrogen-bond acceptors (Lipinski definition) is 6. The van der Waals surface area contributed by atoms with E-state index in [4.69, 9.17) is 9.47 Å². The summed E-state index contributed by atoms with van der Waals surface area (Å²) in [7, 11) is 1.81. The van der Waals surface area contributed by atoms with Gasteiger partial charge in [0, 0.05) is 12.6 Å². The number of pyridine rings is 1. The minimum absolute atomic E-state index is 0.118. The fourth-order valence-corrected chi connectivity index (χ4v) is 3.88. The van der Waals surface area contributed by atoms with E-state index < -0.39 is 12.1 Å². The quantitative estimate of drug-likeness (QED) is 0.565. The molecule has 0 saturated heterocycles. The van der Waals surface area contributed by atoms with E-state index in [-0.39, 0.29) is 18.6 Å². The van der Waals surface area contributed by atoms with Crippen LogP contribution in [0.25, 0.3) is 11.3 Å². The topological polar surface area (TPSA) is 116 Å². The van der Waals surface area contributed by atoms with Crippen molar-refractivity contribution in [2.24, 2.45) is 13.0 Å². The second-order valence-electron chi connectivity index (χ2n) is 8.19. The molecule has 9 nitrogen and oxygen atoms in total. The van der Waals surface area contributed by atoms with E-state index in [1.165, 1.54) is 0 Å². The molecular weight excluding hydrogens is 412 g/mol. The zero-order valence-corrected chi connectivity index (χ0v) is 19.0. The van der Waals surface area contributed by atoms with Gasteiger partial charge in [-0.15, -0.1) is 0 Å². The van der Waals surface area contributed by atoms with Crippen LogP contribution in [0.4, 0.5) is 4.79 Å². The molecule has 0 aliphatic heterocycles. The third-order valence-electron chi connectivity index (χ3n) is 5.78. The number of alkyl carbamates (subject to hydrolysis) is 1. The average molecular weight is 445 g/mol. The van der Waals surface area contributed by atoms with Crippen LogP contribution < -0.4 is 10.1 Å². The number of nitrogens with zero attached hydrogens (tertiary/aromatic N) is 3. The number of hydrogen-bond donors (Lipinski definition) is 2. The summed E-state index contributed by atoms with van der Waals surface area (Å²) in [6.07, 6.45) is 5.86. The number of carbonyl (C=O) groups is 2. The van der Waals surface area contributed by atoms with Crippen molar-refractivity contribution in [3.8, 4) is 17.0 Å². The number of ether oxygens (including phenoxy) is 2. The number of rotatable bonds is 9. The summed E-state index contributed by atoms with van der Waals surface area (Å²) in [5, 5.41) is 16.4. The predicted molar refractivity (Wildman–Crippen MR) is 118 cm³/mol. The van der Waals surface area contributed by atoms with Crippen molar-refractivity contribution in [3.05, 3.63) is 29.7 Å². The van der Waals surface area contributed by atoms with Crippen LogP contribution in [0.5, 0.6) is 5.75 Å². The molecule has 1 amide bonds. The summed E-state index contributed by atoms with van der Waals surface area (Å²) in [6, 6.07) is 3.73. The minimum Gasteiger partial charge on any atom is -0.489 e. The molecule has 1 fully saturated rings. The van der Waals surface area contributed by atoms with E-state index in [9.17, 15) is 14.7 Å².